The number of hydrogen-bond donors (Lipinski definition) is 0. The smallest absolute Gasteiger partial charge is 0.468 e. The fourth-order valence-corrected chi connectivity index (χ4v) is 4.06. The lowest BCUT2D eigenvalue weighted by atomic mass is 10.1. The fourth-order valence-electron chi connectivity index (χ4n) is 2.23. The van der Waals surface area contributed by atoms with Crippen LogP contribution in [0.25, 0.3) is 10.8 Å². The first-order chi connectivity index (χ1) is 10.2. The molecule has 2 aromatic rings. The van der Waals surface area contributed by atoms with Crippen molar-refractivity contribution < 1.29 is 22.8 Å². The highest BCUT2D eigenvalue weighted by molar-refractivity contribution is 6.75. The van der Waals surface area contributed by atoms with Gasteiger partial charge < -0.3 is 22.8 Å². The third kappa shape index (κ3) is 3.25. The van der Waals surface area contributed by atoms with E-state index in [2.05, 4.69) is 0 Å². The summed E-state index contributed by atoms with van der Waals surface area (Å²) in [5.74, 6) is 0.769. The van der Waals surface area contributed by atoms with E-state index in [1.165, 1.54) is 0 Å². The molecule has 0 N–H and O–H groups in total. The zero-order chi connectivity index (χ0) is 15.3. The molecule has 0 fully saturated rings. The molecule has 0 unspecified atom stereocenters. The van der Waals surface area contributed by atoms with Crippen molar-refractivity contribution in [1.82, 2.24) is 0 Å². The highest BCUT2D eigenvalue weighted by Gasteiger charge is 2.40. The molecule has 2 rings (SSSR count). The minimum Gasteiger partial charge on any atom is -0.468 e. The van der Waals surface area contributed by atoms with Crippen molar-refractivity contribution in [3.8, 4) is 5.75 Å². The molecule has 0 aromatic heterocycles. The van der Waals surface area contributed by atoms with Gasteiger partial charge in [-0.1, -0.05) is 18.2 Å². The van der Waals surface area contributed by atoms with Crippen LogP contribution in [0.3, 0.4) is 0 Å². The van der Waals surface area contributed by atoms with Crippen molar-refractivity contribution in [2.45, 2.75) is 0 Å². The number of rotatable bonds is 7. The van der Waals surface area contributed by atoms with Crippen LogP contribution >= 0.6 is 0 Å². The van der Waals surface area contributed by atoms with E-state index < -0.39 is 8.80 Å². The van der Waals surface area contributed by atoms with Crippen molar-refractivity contribution in [2.75, 3.05) is 35.2 Å². The predicted molar refractivity (Wildman–Crippen MR) is 82.9 cm³/mol. The van der Waals surface area contributed by atoms with Crippen LogP contribution in [0.15, 0.2) is 36.4 Å². The van der Waals surface area contributed by atoms with Crippen LogP contribution < -0.4 is 9.92 Å². The molecule has 0 aliphatic carbocycles. The van der Waals surface area contributed by atoms with Crippen molar-refractivity contribution in [3.05, 3.63) is 36.4 Å². The number of benzene rings is 2. The molecule has 0 saturated heterocycles. The third-order valence-corrected chi connectivity index (χ3v) is 5.95. The molecule has 114 valence electrons. The molecule has 21 heavy (non-hydrogen) atoms. The molecule has 0 saturated carbocycles. The normalized spacial score (nSPS) is 11.8. The van der Waals surface area contributed by atoms with Crippen LogP contribution in [0, 0.1) is 0 Å². The van der Waals surface area contributed by atoms with Gasteiger partial charge in [0.05, 0.1) is 0 Å². The number of hydrogen-bond acceptors (Lipinski definition) is 5. The average molecular weight is 308 g/mol. The summed E-state index contributed by atoms with van der Waals surface area (Å²) in [4.78, 5) is 0. The average Bonchev–Trinajstić information content (AvgIpc) is 2.55. The van der Waals surface area contributed by atoms with Gasteiger partial charge in [-0.25, -0.2) is 0 Å². The Morgan fingerprint density at radius 2 is 1.43 bits per heavy atom. The highest BCUT2D eigenvalue weighted by Crippen LogP contribution is 2.21. The van der Waals surface area contributed by atoms with Crippen molar-refractivity contribution in [2.24, 2.45) is 0 Å². The summed E-state index contributed by atoms with van der Waals surface area (Å²) in [7, 11) is 3.61. The van der Waals surface area contributed by atoms with Crippen molar-refractivity contribution in [3.63, 3.8) is 0 Å². The summed E-state index contributed by atoms with van der Waals surface area (Å²) >= 11 is 0. The molecule has 0 heterocycles. The maximum atomic E-state index is 5.50. The molecule has 0 radical (unpaired) electrons. The van der Waals surface area contributed by atoms with Gasteiger partial charge in [0.15, 0.2) is 6.79 Å². The number of methoxy groups -OCH3 is 1. The molecule has 6 heteroatoms. The van der Waals surface area contributed by atoms with E-state index in [0.717, 1.165) is 21.7 Å². The van der Waals surface area contributed by atoms with Crippen molar-refractivity contribution in [1.29, 1.82) is 0 Å². The summed E-state index contributed by atoms with van der Waals surface area (Å²) in [5.41, 5.74) is 0. The van der Waals surface area contributed by atoms with Gasteiger partial charge in [-0.05, 0) is 29.0 Å². The van der Waals surface area contributed by atoms with Gasteiger partial charge >= 0.3 is 8.80 Å². The highest BCUT2D eigenvalue weighted by atomic mass is 28.4. The molecule has 0 spiro atoms. The van der Waals surface area contributed by atoms with Gasteiger partial charge in [-0.2, -0.15) is 0 Å². The Labute approximate surface area is 125 Å². The first-order valence-electron chi connectivity index (χ1n) is 6.50. The minimum absolute atomic E-state index is 0.233. The Bertz CT molecular complexity index is 589. The standard InChI is InChI=1S/C15H20O5Si/c1-16-11-20-14-7-5-13-10-15(8-6-12(13)9-14)21(17-2,18-3)19-4/h5-10H,11H2,1-4H3. The Kier molecular flexibility index (Phi) is 5.32. The van der Waals surface area contributed by atoms with Gasteiger partial charge in [-0.15, -0.1) is 0 Å². The maximum absolute atomic E-state index is 5.50. The Morgan fingerprint density at radius 3 is 2.05 bits per heavy atom. The second-order valence-corrected chi connectivity index (χ2v) is 7.36. The molecular weight excluding hydrogens is 288 g/mol. The van der Waals surface area contributed by atoms with Gasteiger partial charge in [0.25, 0.3) is 0 Å². The van der Waals surface area contributed by atoms with E-state index in [9.17, 15) is 0 Å². The maximum Gasteiger partial charge on any atom is 0.536 e. The van der Waals surface area contributed by atoms with Crippen LogP contribution in [0.1, 0.15) is 0 Å². The van der Waals surface area contributed by atoms with Crippen molar-refractivity contribution >= 4 is 24.8 Å². The molecule has 0 amide bonds. The second kappa shape index (κ2) is 7.01. The van der Waals surface area contributed by atoms with E-state index in [4.69, 9.17) is 22.8 Å². The van der Waals surface area contributed by atoms with Gasteiger partial charge in [0.1, 0.15) is 5.75 Å². The van der Waals surface area contributed by atoms with E-state index in [0.29, 0.717) is 0 Å². The zero-order valence-electron chi connectivity index (χ0n) is 12.7. The predicted octanol–water partition coefficient (Wildman–Crippen LogP) is 1.91. The number of ether oxygens (including phenoxy) is 2. The molecule has 0 bridgehead atoms. The van der Waals surface area contributed by atoms with E-state index in [-0.39, 0.29) is 6.79 Å². The van der Waals surface area contributed by atoms with Crippen LogP contribution in [-0.4, -0.2) is 44.0 Å². The molecule has 0 atom stereocenters. The van der Waals surface area contributed by atoms with Crippen LogP contribution in [0.2, 0.25) is 0 Å². The summed E-state index contributed by atoms with van der Waals surface area (Å²) < 4.78 is 26.8. The van der Waals surface area contributed by atoms with Gasteiger partial charge in [-0.3, -0.25) is 0 Å². The second-order valence-electron chi connectivity index (χ2n) is 4.44. The van der Waals surface area contributed by atoms with E-state index in [1.807, 2.05) is 36.4 Å². The van der Waals surface area contributed by atoms with Crippen LogP contribution in [0.5, 0.6) is 5.75 Å². The monoisotopic (exact) mass is 308 g/mol. The summed E-state index contributed by atoms with van der Waals surface area (Å²) in [6, 6.07) is 11.9. The summed E-state index contributed by atoms with van der Waals surface area (Å²) in [5, 5.41) is 3.06. The summed E-state index contributed by atoms with van der Waals surface area (Å²) in [6.45, 7) is 0.233. The number of fused-ring (bicyclic) bond motifs is 1. The van der Waals surface area contributed by atoms with Gasteiger partial charge in [0.2, 0.25) is 0 Å². The largest absolute Gasteiger partial charge is 0.536 e. The SMILES string of the molecule is COCOc1ccc2cc([Si](OC)(OC)OC)ccc2c1. The third-order valence-electron chi connectivity index (χ3n) is 3.31. The molecule has 0 aliphatic heterocycles. The van der Waals surface area contributed by atoms with E-state index in [1.54, 1.807) is 28.4 Å². The minimum atomic E-state index is -2.80. The zero-order valence-corrected chi connectivity index (χ0v) is 13.7. The summed E-state index contributed by atoms with van der Waals surface area (Å²) in [6.07, 6.45) is 0. The first kappa shape index (κ1) is 15.9. The molecule has 2 aromatic carbocycles. The fraction of sp³-hybridized carbons (Fsp3) is 0.333. The lowest BCUT2D eigenvalue weighted by Gasteiger charge is -2.24. The molecule has 0 aliphatic rings. The van der Waals surface area contributed by atoms with E-state index >= 15 is 0 Å². The van der Waals surface area contributed by atoms with Crippen LogP contribution in [-0.2, 0) is 18.0 Å². The Balaban J connectivity index is 2.38. The molecule has 5 nitrogen and oxygen atoms in total. The van der Waals surface area contributed by atoms with Crippen LogP contribution in [0.4, 0.5) is 0 Å². The quantitative estimate of drug-likeness (QED) is 0.577. The van der Waals surface area contributed by atoms with Gasteiger partial charge in [0, 0.05) is 33.6 Å². The Morgan fingerprint density at radius 1 is 0.810 bits per heavy atom. The first-order valence-corrected chi connectivity index (χ1v) is 8.23. The topological polar surface area (TPSA) is 46.2 Å². The lowest BCUT2D eigenvalue weighted by molar-refractivity contribution is 0.0512. The molecular formula is C15H20O5Si. The lowest BCUT2D eigenvalue weighted by Crippen LogP contribution is -2.54. The Hall–Kier alpha value is -1.44.